The standard InChI is InChI=1S/C7H16N2O3S.C5H10N2/c1-2-8-7-5-3-4-6-9(7)13(10,11)12;1-2-5-3-6-7-4-5/h7-8H,2-6H2,1H3,(H,10,11,12);3,5,7H,2,4H2,1H3. The molecule has 2 unspecified atom stereocenters. The van der Waals surface area contributed by atoms with Crippen LogP contribution in [-0.2, 0) is 10.3 Å². The maximum Gasteiger partial charge on any atom is 0.337 e. The minimum atomic E-state index is -4.03. The Hall–Kier alpha value is -0.700. The summed E-state index contributed by atoms with van der Waals surface area (Å²) in [4.78, 5) is 0. The van der Waals surface area contributed by atoms with Gasteiger partial charge >= 0.3 is 10.3 Å². The number of hydrazone groups is 1. The van der Waals surface area contributed by atoms with Gasteiger partial charge in [0.1, 0.15) is 0 Å². The predicted molar refractivity (Wildman–Crippen MR) is 79.8 cm³/mol. The second-order valence-corrected chi connectivity index (χ2v) is 6.33. The van der Waals surface area contributed by atoms with Crippen molar-refractivity contribution >= 4 is 16.5 Å². The molecule has 20 heavy (non-hydrogen) atoms. The molecule has 0 saturated carbocycles. The van der Waals surface area contributed by atoms with Crippen LogP contribution in [-0.4, -0.2) is 49.3 Å². The lowest BCUT2D eigenvalue weighted by atomic mass is 10.1. The molecule has 0 aliphatic carbocycles. The molecule has 3 N–H and O–H groups in total. The lowest BCUT2D eigenvalue weighted by Gasteiger charge is -2.32. The summed E-state index contributed by atoms with van der Waals surface area (Å²) in [6.45, 7) is 6.24. The van der Waals surface area contributed by atoms with Gasteiger partial charge in [-0.3, -0.25) is 4.55 Å². The molecule has 8 heteroatoms. The largest absolute Gasteiger partial charge is 0.337 e. The molecule has 0 aromatic rings. The van der Waals surface area contributed by atoms with Crippen LogP contribution >= 0.6 is 0 Å². The van der Waals surface area contributed by atoms with Crippen LogP contribution in [0.25, 0.3) is 0 Å². The van der Waals surface area contributed by atoms with Crippen molar-refractivity contribution in [3.63, 3.8) is 0 Å². The second kappa shape index (κ2) is 8.56. The smallest absolute Gasteiger partial charge is 0.310 e. The SMILES string of the molecule is CCC1C=NNC1.CCNC1CCCCN1S(=O)(=O)O. The fourth-order valence-electron chi connectivity index (χ4n) is 2.25. The Morgan fingerprint density at radius 2 is 2.20 bits per heavy atom. The third-order valence-corrected chi connectivity index (χ3v) is 4.47. The molecule has 1 fully saturated rings. The Morgan fingerprint density at radius 1 is 1.45 bits per heavy atom. The third kappa shape index (κ3) is 5.74. The highest BCUT2D eigenvalue weighted by molar-refractivity contribution is 7.83. The van der Waals surface area contributed by atoms with Crippen molar-refractivity contribution in [2.75, 3.05) is 19.6 Å². The molecule has 0 radical (unpaired) electrons. The van der Waals surface area contributed by atoms with Crippen molar-refractivity contribution in [3.05, 3.63) is 0 Å². The molecule has 1 saturated heterocycles. The van der Waals surface area contributed by atoms with E-state index in [9.17, 15) is 8.42 Å². The van der Waals surface area contributed by atoms with Crippen LogP contribution in [0.1, 0.15) is 39.5 Å². The third-order valence-electron chi connectivity index (χ3n) is 3.44. The fourth-order valence-corrected chi connectivity index (χ4v) is 3.11. The molecule has 118 valence electrons. The molecule has 0 spiro atoms. The molecule has 2 atom stereocenters. The number of hydrogen-bond donors (Lipinski definition) is 3. The van der Waals surface area contributed by atoms with Crippen LogP contribution in [0.2, 0.25) is 0 Å². The Morgan fingerprint density at radius 3 is 2.65 bits per heavy atom. The Bertz CT molecular complexity index is 398. The first-order valence-electron chi connectivity index (χ1n) is 7.22. The zero-order chi connectivity index (χ0) is 15.0. The Balaban J connectivity index is 0.000000240. The van der Waals surface area contributed by atoms with Crippen LogP contribution in [0.15, 0.2) is 5.10 Å². The van der Waals surface area contributed by atoms with Crippen molar-refractivity contribution in [2.24, 2.45) is 11.0 Å². The van der Waals surface area contributed by atoms with E-state index in [2.05, 4.69) is 22.8 Å². The van der Waals surface area contributed by atoms with Gasteiger partial charge < -0.3 is 10.7 Å². The van der Waals surface area contributed by atoms with Crippen LogP contribution in [0.5, 0.6) is 0 Å². The zero-order valence-corrected chi connectivity index (χ0v) is 13.1. The van der Waals surface area contributed by atoms with E-state index in [0.717, 1.165) is 30.1 Å². The van der Waals surface area contributed by atoms with E-state index in [1.165, 1.54) is 6.42 Å². The molecule has 2 rings (SSSR count). The molecule has 0 amide bonds. The van der Waals surface area contributed by atoms with Gasteiger partial charge in [0, 0.05) is 25.2 Å². The quantitative estimate of drug-likeness (QED) is 0.668. The first kappa shape index (κ1) is 17.4. The number of nitrogens with zero attached hydrogens (tertiary/aromatic N) is 2. The highest BCUT2D eigenvalue weighted by atomic mass is 32.2. The molecule has 7 nitrogen and oxygen atoms in total. The van der Waals surface area contributed by atoms with Crippen molar-refractivity contribution in [1.82, 2.24) is 15.0 Å². The summed E-state index contributed by atoms with van der Waals surface area (Å²) in [6, 6.07) is 0. The molecule has 2 heterocycles. The second-order valence-electron chi connectivity index (χ2n) is 4.97. The summed E-state index contributed by atoms with van der Waals surface area (Å²) in [5.74, 6) is 0.694. The van der Waals surface area contributed by atoms with Crippen LogP contribution in [0.4, 0.5) is 0 Å². The molecule has 2 aliphatic rings. The summed E-state index contributed by atoms with van der Waals surface area (Å²) < 4.78 is 31.8. The average molecular weight is 306 g/mol. The van der Waals surface area contributed by atoms with Crippen molar-refractivity contribution in [3.8, 4) is 0 Å². The van der Waals surface area contributed by atoms with Gasteiger partial charge in [0.2, 0.25) is 0 Å². The molecule has 0 aromatic carbocycles. The highest BCUT2D eigenvalue weighted by Crippen LogP contribution is 2.17. The maximum absolute atomic E-state index is 10.9. The van der Waals surface area contributed by atoms with Gasteiger partial charge in [-0.2, -0.15) is 17.8 Å². The first-order chi connectivity index (χ1) is 9.49. The van der Waals surface area contributed by atoms with Crippen LogP contribution < -0.4 is 10.7 Å². The highest BCUT2D eigenvalue weighted by Gasteiger charge is 2.29. The lowest BCUT2D eigenvalue weighted by Crippen LogP contribution is -2.50. The lowest BCUT2D eigenvalue weighted by molar-refractivity contribution is 0.200. The van der Waals surface area contributed by atoms with E-state index < -0.39 is 10.3 Å². The van der Waals surface area contributed by atoms with E-state index in [0.29, 0.717) is 19.0 Å². The minimum Gasteiger partial charge on any atom is -0.310 e. The van der Waals surface area contributed by atoms with E-state index >= 15 is 0 Å². The maximum atomic E-state index is 10.9. The molecule has 0 bridgehead atoms. The van der Waals surface area contributed by atoms with Gasteiger partial charge in [0.15, 0.2) is 0 Å². The van der Waals surface area contributed by atoms with Gasteiger partial charge in [-0.05, 0) is 32.2 Å². The van der Waals surface area contributed by atoms with Gasteiger partial charge in [-0.15, -0.1) is 0 Å². The molecule has 2 aliphatic heterocycles. The van der Waals surface area contributed by atoms with E-state index in [4.69, 9.17) is 4.55 Å². The topological polar surface area (TPSA) is 94.0 Å². The Kier molecular flexibility index (Phi) is 7.42. The first-order valence-corrected chi connectivity index (χ1v) is 8.62. The number of piperidine rings is 1. The summed E-state index contributed by atoms with van der Waals surface area (Å²) >= 11 is 0. The monoisotopic (exact) mass is 306 g/mol. The van der Waals surface area contributed by atoms with Gasteiger partial charge in [0.25, 0.3) is 0 Å². The normalized spacial score (nSPS) is 26.8. The number of rotatable bonds is 4. The molecule has 0 aromatic heterocycles. The molecular weight excluding hydrogens is 280 g/mol. The van der Waals surface area contributed by atoms with Gasteiger partial charge in [-0.25, -0.2) is 0 Å². The van der Waals surface area contributed by atoms with Crippen molar-refractivity contribution in [2.45, 2.75) is 45.7 Å². The van der Waals surface area contributed by atoms with E-state index in [1.54, 1.807) is 0 Å². The summed E-state index contributed by atoms with van der Waals surface area (Å²) in [5.41, 5.74) is 2.89. The molecular formula is C12H26N4O3S. The van der Waals surface area contributed by atoms with E-state index in [-0.39, 0.29) is 6.17 Å². The summed E-state index contributed by atoms with van der Waals surface area (Å²) in [6.07, 6.45) is 5.55. The van der Waals surface area contributed by atoms with E-state index in [1.807, 2.05) is 13.1 Å². The zero-order valence-electron chi connectivity index (χ0n) is 12.2. The van der Waals surface area contributed by atoms with Crippen molar-refractivity contribution < 1.29 is 13.0 Å². The minimum absolute atomic E-state index is 0.228. The fraction of sp³-hybridized carbons (Fsp3) is 0.917. The summed E-state index contributed by atoms with van der Waals surface area (Å²) in [5, 5.41) is 6.89. The Labute approximate surface area is 121 Å². The van der Waals surface area contributed by atoms with Crippen molar-refractivity contribution in [1.29, 1.82) is 0 Å². The van der Waals surface area contributed by atoms with Crippen LogP contribution in [0, 0.1) is 5.92 Å². The number of nitrogens with one attached hydrogen (secondary N) is 2. The van der Waals surface area contributed by atoms with Gasteiger partial charge in [0.05, 0.1) is 6.17 Å². The van der Waals surface area contributed by atoms with Crippen LogP contribution in [0.3, 0.4) is 0 Å². The number of hydrogen-bond acceptors (Lipinski definition) is 5. The van der Waals surface area contributed by atoms with Gasteiger partial charge in [-0.1, -0.05) is 13.8 Å². The average Bonchev–Trinajstić information content (AvgIpc) is 2.92. The summed E-state index contributed by atoms with van der Waals surface area (Å²) in [7, 11) is -4.03. The predicted octanol–water partition coefficient (Wildman–Crippen LogP) is 0.812.